The smallest absolute Gasteiger partial charge is 0.139 e. The lowest BCUT2D eigenvalue weighted by molar-refractivity contribution is -0.122. The van der Waals surface area contributed by atoms with E-state index in [1.54, 1.807) is 0 Å². The molecule has 0 aromatic carbocycles. The lowest BCUT2D eigenvalue weighted by Gasteiger charge is -2.04. The van der Waals surface area contributed by atoms with Crippen molar-refractivity contribution in [2.24, 2.45) is 5.92 Å². The van der Waals surface area contributed by atoms with Crippen molar-refractivity contribution in [3.8, 4) is 0 Å². The van der Waals surface area contributed by atoms with Crippen molar-refractivity contribution in [2.45, 2.75) is 71.6 Å². The molecule has 0 aliphatic carbocycles. The van der Waals surface area contributed by atoms with E-state index in [9.17, 15) is 9.59 Å². The molecule has 0 fully saturated rings. The van der Waals surface area contributed by atoms with E-state index in [1.807, 2.05) is 0 Å². The van der Waals surface area contributed by atoms with Crippen LogP contribution in [-0.2, 0) is 9.59 Å². The molecule has 0 rings (SSSR count). The van der Waals surface area contributed by atoms with Crippen LogP contribution in [0.2, 0.25) is 0 Å². The Balaban J connectivity index is 3.09. The monoisotopic (exact) mass is 226 g/mol. The average molecular weight is 226 g/mol. The topological polar surface area (TPSA) is 34.1 Å². The van der Waals surface area contributed by atoms with Crippen molar-refractivity contribution >= 4 is 12.1 Å². The Kier molecular flexibility index (Phi) is 10.4. The van der Waals surface area contributed by atoms with Crippen LogP contribution in [0.15, 0.2) is 0 Å². The quantitative estimate of drug-likeness (QED) is 0.304. The zero-order valence-electron chi connectivity index (χ0n) is 10.8. The largest absolute Gasteiger partial charge is 0.303 e. The Morgan fingerprint density at radius 2 is 1.56 bits per heavy atom. The van der Waals surface area contributed by atoms with Crippen LogP contribution in [0.25, 0.3) is 0 Å². The molecule has 0 aromatic heterocycles. The van der Waals surface area contributed by atoms with E-state index in [0.29, 0.717) is 12.7 Å². The van der Waals surface area contributed by atoms with Crippen LogP contribution in [-0.4, -0.2) is 12.1 Å². The Hall–Kier alpha value is -0.660. The van der Waals surface area contributed by atoms with E-state index in [0.717, 1.165) is 18.8 Å². The first kappa shape index (κ1) is 15.3. The fourth-order valence-electron chi connectivity index (χ4n) is 1.78. The summed E-state index contributed by atoms with van der Waals surface area (Å²) in [7, 11) is 0. The van der Waals surface area contributed by atoms with Gasteiger partial charge in [-0.15, -0.1) is 0 Å². The Labute approximate surface area is 99.8 Å². The van der Waals surface area contributed by atoms with Crippen LogP contribution in [0.1, 0.15) is 71.6 Å². The van der Waals surface area contributed by atoms with Crippen LogP contribution in [0.5, 0.6) is 0 Å². The Morgan fingerprint density at radius 1 is 1.00 bits per heavy atom. The minimum Gasteiger partial charge on any atom is -0.303 e. The van der Waals surface area contributed by atoms with Gasteiger partial charge in [0, 0.05) is 6.42 Å². The van der Waals surface area contributed by atoms with E-state index in [-0.39, 0.29) is 12.2 Å². The van der Waals surface area contributed by atoms with E-state index in [2.05, 4.69) is 13.8 Å². The summed E-state index contributed by atoms with van der Waals surface area (Å²) in [6.07, 6.45) is 9.98. The van der Waals surface area contributed by atoms with Gasteiger partial charge in [-0.3, -0.25) is 4.79 Å². The van der Waals surface area contributed by atoms with Crippen molar-refractivity contribution in [1.82, 2.24) is 0 Å². The van der Waals surface area contributed by atoms with E-state index in [1.165, 1.54) is 32.1 Å². The van der Waals surface area contributed by atoms with Gasteiger partial charge in [0.15, 0.2) is 0 Å². The maximum absolute atomic E-state index is 11.0. The molecule has 0 saturated carbocycles. The summed E-state index contributed by atoms with van der Waals surface area (Å²) in [6, 6.07) is 0. The summed E-state index contributed by atoms with van der Waals surface area (Å²) in [5.74, 6) is 0.913. The molecule has 16 heavy (non-hydrogen) atoms. The van der Waals surface area contributed by atoms with Crippen molar-refractivity contribution in [2.75, 3.05) is 0 Å². The number of Topliss-reactive ketones (excluding diaryl/α,β-unsaturated/α-hetero) is 1. The van der Waals surface area contributed by atoms with Crippen LogP contribution in [0.4, 0.5) is 0 Å². The lowest BCUT2D eigenvalue weighted by Crippen LogP contribution is -1.97. The molecule has 0 aliphatic rings. The van der Waals surface area contributed by atoms with E-state index < -0.39 is 0 Å². The molecule has 0 bridgehead atoms. The minimum atomic E-state index is 0.0924. The molecule has 0 unspecified atom stereocenters. The number of hydrogen-bond donors (Lipinski definition) is 0. The van der Waals surface area contributed by atoms with Crippen LogP contribution in [0, 0.1) is 5.92 Å². The predicted octanol–water partition coefficient (Wildman–Crippen LogP) is 3.92. The van der Waals surface area contributed by atoms with Gasteiger partial charge in [-0.2, -0.15) is 0 Å². The lowest BCUT2D eigenvalue weighted by atomic mass is 10.0. The SMILES string of the molecule is CC(C)CCCCCCCCC(=O)CC=O. The number of aldehydes is 1. The highest BCUT2D eigenvalue weighted by Crippen LogP contribution is 2.12. The third-order valence-electron chi connectivity index (χ3n) is 2.80. The van der Waals surface area contributed by atoms with Crippen LogP contribution < -0.4 is 0 Å². The third kappa shape index (κ3) is 11.4. The molecule has 0 spiro atoms. The first-order chi connectivity index (χ1) is 7.66. The normalized spacial score (nSPS) is 10.7. The zero-order valence-corrected chi connectivity index (χ0v) is 10.8. The average Bonchev–Trinajstić information content (AvgIpc) is 2.22. The molecule has 0 aromatic rings. The fraction of sp³-hybridized carbons (Fsp3) is 0.857. The van der Waals surface area contributed by atoms with E-state index in [4.69, 9.17) is 0 Å². The number of ketones is 1. The summed E-state index contributed by atoms with van der Waals surface area (Å²) in [5.41, 5.74) is 0. The molecule has 0 aliphatic heterocycles. The van der Waals surface area contributed by atoms with Crippen LogP contribution >= 0.6 is 0 Å². The highest BCUT2D eigenvalue weighted by molar-refractivity contribution is 5.89. The summed E-state index contributed by atoms with van der Waals surface area (Å²) >= 11 is 0. The molecule has 94 valence electrons. The highest BCUT2D eigenvalue weighted by atomic mass is 16.1. The van der Waals surface area contributed by atoms with Crippen molar-refractivity contribution < 1.29 is 9.59 Å². The second-order valence-electron chi connectivity index (χ2n) is 4.96. The molecule has 0 saturated heterocycles. The van der Waals surface area contributed by atoms with Gasteiger partial charge in [-0.25, -0.2) is 0 Å². The van der Waals surface area contributed by atoms with Gasteiger partial charge in [0.25, 0.3) is 0 Å². The van der Waals surface area contributed by atoms with Gasteiger partial charge in [-0.1, -0.05) is 52.4 Å². The molecule has 0 atom stereocenters. The molecular weight excluding hydrogens is 200 g/mol. The fourth-order valence-corrected chi connectivity index (χ4v) is 1.78. The number of unbranched alkanes of at least 4 members (excludes halogenated alkanes) is 5. The highest BCUT2D eigenvalue weighted by Gasteiger charge is 2.00. The van der Waals surface area contributed by atoms with Gasteiger partial charge < -0.3 is 4.79 Å². The molecule has 0 heterocycles. The summed E-state index contributed by atoms with van der Waals surface area (Å²) < 4.78 is 0. The van der Waals surface area contributed by atoms with Crippen molar-refractivity contribution in [1.29, 1.82) is 0 Å². The summed E-state index contributed by atoms with van der Waals surface area (Å²) in [5, 5.41) is 0. The molecule has 2 nitrogen and oxygen atoms in total. The number of rotatable bonds is 11. The molecule has 2 heteroatoms. The third-order valence-corrected chi connectivity index (χ3v) is 2.80. The molecule has 0 amide bonds. The van der Waals surface area contributed by atoms with Gasteiger partial charge in [0.2, 0.25) is 0 Å². The zero-order chi connectivity index (χ0) is 12.2. The number of hydrogen-bond acceptors (Lipinski definition) is 2. The number of carbonyl (C=O) groups excluding carboxylic acids is 2. The Morgan fingerprint density at radius 3 is 2.12 bits per heavy atom. The predicted molar refractivity (Wildman–Crippen MR) is 67.5 cm³/mol. The van der Waals surface area contributed by atoms with Crippen molar-refractivity contribution in [3.63, 3.8) is 0 Å². The molecule has 0 radical (unpaired) electrons. The summed E-state index contributed by atoms with van der Waals surface area (Å²) in [4.78, 5) is 21.1. The first-order valence-corrected chi connectivity index (χ1v) is 6.62. The maximum atomic E-state index is 11.0. The van der Waals surface area contributed by atoms with Gasteiger partial charge in [-0.05, 0) is 12.3 Å². The molecule has 0 N–H and O–H groups in total. The second kappa shape index (κ2) is 10.8. The number of carbonyl (C=O) groups is 2. The van der Waals surface area contributed by atoms with Gasteiger partial charge in [0.1, 0.15) is 12.1 Å². The maximum Gasteiger partial charge on any atom is 0.139 e. The van der Waals surface area contributed by atoms with E-state index >= 15 is 0 Å². The van der Waals surface area contributed by atoms with Gasteiger partial charge in [0.05, 0.1) is 6.42 Å². The Bertz CT molecular complexity index is 185. The summed E-state index contributed by atoms with van der Waals surface area (Å²) in [6.45, 7) is 4.53. The second-order valence-corrected chi connectivity index (χ2v) is 4.96. The minimum absolute atomic E-state index is 0.0924. The van der Waals surface area contributed by atoms with Crippen molar-refractivity contribution in [3.05, 3.63) is 0 Å². The van der Waals surface area contributed by atoms with Gasteiger partial charge >= 0.3 is 0 Å². The van der Waals surface area contributed by atoms with Crippen LogP contribution in [0.3, 0.4) is 0 Å². The molecular formula is C14H26O2. The first-order valence-electron chi connectivity index (χ1n) is 6.62. The standard InChI is InChI=1S/C14H26O2/c1-13(2)9-7-5-3-4-6-8-10-14(16)11-12-15/h12-13H,3-11H2,1-2H3.